The van der Waals surface area contributed by atoms with Crippen LogP contribution in [0.25, 0.3) is 22.6 Å². The van der Waals surface area contributed by atoms with Gasteiger partial charge in [-0.2, -0.15) is 26.3 Å². The van der Waals surface area contributed by atoms with Crippen molar-refractivity contribution in [1.82, 2.24) is 30.1 Å². The van der Waals surface area contributed by atoms with Gasteiger partial charge in [-0.1, -0.05) is 0 Å². The molecule has 1 fully saturated rings. The van der Waals surface area contributed by atoms with Crippen molar-refractivity contribution < 1.29 is 31.1 Å². The van der Waals surface area contributed by atoms with Gasteiger partial charge < -0.3 is 15.0 Å². The zero-order chi connectivity index (χ0) is 26.2. The summed E-state index contributed by atoms with van der Waals surface area (Å²) >= 11 is 0. The van der Waals surface area contributed by atoms with Gasteiger partial charge in [0.25, 0.3) is 0 Å². The third-order valence-electron chi connectivity index (χ3n) is 5.46. The molecule has 5 heterocycles. The van der Waals surface area contributed by atoms with Crippen LogP contribution in [0.2, 0.25) is 0 Å². The summed E-state index contributed by atoms with van der Waals surface area (Å²) in [7, 11) is 0. The summed E-state index contributed by atoms with van der Waals surface area (Å²) in [6.45, 7) is 1.50. The second kappa shape index (κ2) is 9.38. The van der Waals surface area contributed by atoms with Crippen molar-refractivity contribution >= 4 is 28.5 Å². The number of ether oxygens (including phenoxy) is 1. The minimum atomic E-state index is -4.74. The van der Waals surface area contributed by atoms with Gasteiger partial charge >= 0.3 is 12.4 Å². The van der Waals surface area contributed by atoms with Crippen LogP contribution in [-0.2, 0) is 17.1 Å². The Hall–Kier alpha value is -4.14. The van der Waals surface area contributed by atoms with Gasteiger partial charge in [0.1, 0.15) is 22.7 Å². The molecule has 0 radical (unpaired) electrons. The first-order valence-corrected chi connectivity index (χ1v) is 10.8. The van der Waals surface area contributed by atoms with Crippen molar-refractivity contribution in [2.75, 3.05) is 36.5 Å². The summed E-state index contributed by atoms with van der Waals surface area (Å²) in [5.74, 6) is 0.164. The molecule has 192 valence electrons. The lowest BCUT2D eigenvalue weighted by atomic mass is 10.1. The van der Waals surface area contributed by atoms with E-state index in [2.05, 4.69) is 35.5 Å². The fourth-order valence-electron chi connectivity index (χ4n) is 3.64. The Labute approximate surface area is 204 Å². The highest BCUT2D eigenvalue weighted by Gasteiger charge is 2.37. The number of rotatable bonds is 4. The number of morpholine rings is 1. The van der Waals surface area contributed by atoms with E-state index in [9.17, 15) is 26.3 Å². The van der Waals surface area contributed by atoms with Crippen LogP contribution >= 0.6 is 0 Å². The Morgan fingerprint density at radius 3 is 2.32 bits per heavy atom. The SMILES string of the molecule is FC(F)(F)c1ccc(Nc2ccnc3nc(-c4nnc(N5CCOCC5)cc4C(F)(F)F)cnc23)nc1. The molecule has 0 atom stereocenters. The van der Waals surface area contributed by atoms with Gasteiger partial charge in [0.2, 0.25) is 0 Å². The summed E-state index contributed by atoms with van der Waals surface area (Å²) in [6.07, 6.45) is -6.18. The van der Waals surface area contributed by atoms with E-state index in [0.717, 1.165) is 24.4 Å². The average molecular weight is 522 g/mol. The molecule has 0 unspecified atom stereocenters. The van der Waals surface area contributed by atoms with Crippen molar-refractivity contribution in [2.24, 2.45) is 0 Å². The summed E-state index contributed by atoms with van der Waals surface area (Å²) < 4.78 is 85.4. The lowest BCUT2D eigenvalue weighted by Crippen LogP contribution is -2.37. The molecule has 4 aromatic rings. The van der Waals surface area contributed by atoms with E-state index >= 15 is 0 Å². The number of halogens is 6. The number of fused-ring (bicyclic) bond motifs is 1. The lowest BCUT2D eigenvalue weighted by Gasteiger charge is -2.28. The number of anilines is 3. The van der Waals surface area contributed by atoms with Crippen molar-refractivity contribution in [2.45, 2.75) is 12.4 Å². The third-order valence-corrected chi connectivity index (χ3v) is 5.46. The molecule has 0 spiro atoms. The average Bonchev–Trinajstić information content (AvgIpc) is 2.88. The number of alkyl halides is 6. The second-order valence-corrected chi connectivity index (χ2v) is 7.90. The van der Waals surface area contributed by atoms with Crippen molar-refractivity contribution in [1.29, 1.82) is 0 Å². The molecule has 9 nitrogen and oxygen atoms in total. The fourth-order valence-corrected chi connectivity index (χ4v) is 3.64. The van der Waals surface area contributed by atoms with Crippen LogP contribution in [0.4, 0.5) is 43.7 Å². The molecule has 1 saturated heterocycles. The highest BCUT2D eigenvalue weighted by molar-refractivity contribution is 5.87. The molecular formula is C22H16F6N8O. The number of nitrogens with one attached hydrogen (secondary N) is 1. The maximum atomic E-state index is 13.9. The quantitative estimate of drug-likeness (QED) is 0.389. The highest BCUT2D eigenvalue weighted by atomic mass is 19.4. The molecule has 15 heteroatoms. The second-order valence-electron chi connectivity index (χ2n) is 7.90. The Morgan fingerprint density at radius 2 is 1.65 bits per heavy atom. The maximum Gasteiger partial charge on any atom is 0.418 e. The molecule has 0 saturated carbocycles. The van der Waals surface area contributed by atoms with Crippen LogP contribution in [0, 0.1) is 0 Å². The molecular weight excluding hydrogens is 506 g/mol. The van der Waals surface area contributed by atoms with Crippen LogP contribution < -0.4 is 10.2 Å². The van der Waals surface area contributed by atoms with Gasteiger partial charge in [0.05, 0.1) is 36.2 Å². The van der Waals surface area contributed by atoms with Crippen molar-refractivity contribution in [3.05, 3.63) is 54.0 Å². The van der Waals surface area contributed by atoms with Gasteiger partial charge in [-0.25, -0.2) is 19.9 Å². The summed E-state index contributed by atoms with van der Waals surface area (Å²) in [5, 5.41) is 10.6. The molecule has 0 amide bonds. The molecule has 0 bridgehead atoms. The van der Waals surface area contributed by atoms with Crippen LogP contribution in [0.5, 0.6) is 0 Å². The number of nitrogens with zero attached hydrogens (tertiary/aromatic N) is 7. The van der Waals surface area contributed by atoms with E-state index < -0.39 is 29.2 Å². The number of aromatic nitrogens is 6. The Balaban J connectivity index is 1.48. The molecule has 1 aliphatic rings. The fraction of sp³-hybridized carbons (Fsp3) is 0.273. The standard InChI is InChI=1S/C22H16F6N8O/c23-21(24,25)12-1-2-16(30-10-12)32-14-3-4-29-20-19(14)31-11-15(33-20)18-13(22(26,27)28)9-17(34-35-18)36-5-7-37-8-6-36/h1-4,9-11H,5-8H2,(H,29,30,32,33). The largest absolute Gasteiger partial charge is 0.418 e. The summed E-state index contributed by atoms with van der Waals surface area (Å²) in [4.78, 5) is 17.8. The smallest absolute Gasteiger partial charge is 0.378 e. The normalized spacial score (nSPS) is 14.7. The van der Waals surface area contributed by atoms with E-state index in [1.807, 2.05) is 0 Å². The first kappa shape index (κ1) is 24.5. The summed E-state index contributed by atoms with van der Waals surface area (Å²) in [5.41, 5.74) is -2.20. The third kappa shape index (κ3) is 5.21. The van der Waals surface area contributed by atoms with Crippen LogP contribution in [-0.4, -0.2) is 56.4 Å². The number of pyridine rings is 2. The minimum Gasteiger partial charge on any atom is -0.378 e. The lowest BCUT2D eigenvalue weighted by molar-refractivity contribution is -0.138. The zero-order valence-electron chi connectivity index (χ0n) is 18.7. The van der Waals surface area contributed by atoms with Gasteiger partial charge in [0.15, 0.2) is 11.5 Å². The van der Waals surface area contributed by atoms with Crippen LogP contribution in [0.3, 0.4) is 0 Å². The van der Waals surface area contributed by atoms with E-state index in [1.165, 1.54) is 12.3 Å². The number of hydrogen-bond acceptors (Lipinski definition) is 9. The van der Waals surface area contributed by atoms with E-state index in [4.69, 9.17) is 4.74 Å². The molecule has 5 rings (SSSR count). The predicted octanol–water partition coefficient (Wildman–Crippen LogP) is 4.49. The predicted molar refractivity (Wildman–Crippen MR) is 119 cm³/mol. The first-order chi connectivity index (χ1) is 17.6. The Kier molecular flexibility index (Phi) is 6.23. The summed E-state index contributed by atoms with van der Waals surface area (Å²) in [6, 6.07) is 4.40. The van der Waals surface area contributed by atoms with Gasteiger partial charge in [0, 0.05) is 25.5 Å². The number of hydrogen-bond donors (Lipinski definition) is 1. The van der Waals surface area contributed by atoms with Crippen molar-refractivity contribution in [3.63, 3.8) is 0 Å². The molecule has 4 aromatic heterocycles. The van der Waals surface area contributed by atoms with Gasteiger partial charge in [-0.05, 0) is 24.3 Å². The highest BCUT2D eigenvalue weighted by Crippen LogP contribution is 2.37. The molecule has 1 aliphatic heterocycles. The monoisotopic (exact) mass is 522 g/mol. The van der Waals surface area contributed by atoms with Crippen LogP contribution in [0.15, 0.2) is 42.9 Å². The Morgan fingerprint density at radius 1 is 0.865 bits per heavy atom. The topological polar surface area (TPSA) is 102 Å². The van der Waals surface area contributed by atoms with Gasteiger partial charge in [-0.15, -0.1) is 10.2 Å². The minimum absolute atomic E-state index is 0.0124. The van der Waals surface area contributed by atoms with Crippen molar-refractivity contribution in [3.8, 4) is 11.4 Å². The van der Waals surface area contributed by atoms with Gasteiger partial charge in [-0.3, -0.25) is 0 Å². The molecule has 1 N–H and O–H groups in total. The van der Waals surface area contributed by atoms with E-state index in [1.54, 1.807) is 4.90 Å². The first-order valence-electron chi connectivity index (χ1n) is 10.8. The molecule has 0 aliphatic carbocycles. The van der Waals surface area contributed by atoms with E-state index in [-0.39, 0.29) is 28.5 Å². The molecule has 0 aromatic carbocycles. The Bertz CT molecular complexity index is 1420. The maximum absolute atomic E-state index is 13.9. The van der Waals surface area contributed by atoms with E-state index in [0.29, 0.717) is 38.2 Å². The zero-order valence-corrected chi connectivity index (χ0v) is 18.7. The van der Waals surface area contributed by atoms with Crippen LogP contribution in [0.1, 0.15) is 11.1 Å². The molecule has 37 heavy (non-hydrogen) atoms.